The lowest BCUT2D eigenvalue weighted by molar-refractivity contribution is -0.137. The highest BCUT2D eigenvalue weighted by Crippen LogP contribution is 2.38. The number of aliphatic hydroxyl groups excluding tert-OH is 1. The number of anilines is 1. The second-order valence-electron chi connectivity index (χ2n) is 7.31. The van der Waals surface area contributed by atoms with E-state index in [1.165, 1.54) is 12.1 Å². The Kier molecular flexibility index (Phi) is 5.08. The predicted molar refractivity (Wildman–Crippen MR) is 103 cm³/mol. The van der Waals surface area contributed by atoms with Gasteiger partial charge < -0.3 is 15.2 Å². The lowest BCUT2D eigenvalue weighted by Crippen LogP contribution is -2.21. The highest BCUT2D eigenvalue weighted by Gasteiger charge is 2.32. The zero-order chi connectivity index (χ0) is 20.6. The number of carbonyl (C=O) groups excluding carboxylic acids is 1. The van der Waals surface area contributed by atoms with Crippen molar-refractivity contribution >= 4 is 17.2 Å². The third-order valence-corrected chi connectivity index (χ3v) is 5.30. The first-order valence-electron chi connectivity index (χ1n) is 9.46. The number of carbonyl (C=O) groups is 1. The molecule has 1 aliphatic heterocycles. The largest absolute Gasteiger partial charge is 0.493 e. The van der Waals surface area contributed by atoms with E-state index >= 15 is 0 Å². The number of aliphatic hydroxyl groups is 1. The van der Waals surface area contributed by atoms with Gasteiger partial charge in [0.1, 0.15) is 5.75 Å². The maximum atomic E-state index is 13.1. The normalized spacial score (nSPS) is 19.9. The molecule has 0 bridgehead atoms. The minimum Gasteiger partial charge on any atom is -0.493 e. The quantitative estimate of drug-likeness (QED) is 0.733. The second-order valence-corrected chi connectivity index (χ2v) is 7.31. The van der Waals surface area contributed by atoms with E-state index in [-0.39, 0.29) is 5.56 Å². The minimum absolute atomic E-state index is 0.284. The van der Waals surface area contributed by atoms with Crippen molar-refractivity contribution in [3.8, 4) is 5.75 Å². The predicted octanol–water partition coefficient (Wildman–Crippen LogP) is 4.36. The Bertz CT molecular complexity index is 982. The first kappa shape index (κ1) is 19.5. The van der Waals surface area contributed by atoms with Crippen LogP contribution in [-0.2, 0) is 23.8 Å². The lowest BCUT2D eigenvalue weighted by Gasteiger charge is -2.23. The monoisotopic (exact) mass is 403 g/mol. The Hall–Kier alpha value is -2.80. The summed E-state index contributed by atoms with van der Waals surface area (Å²) in [4.78, 5) is 12.6. The van der Waals surface area contributed by atoms with Gasteiger partial charge in [0.15, 0.2) is 0 Å². The first-order valence-corrected chi connectivity index (χ1v) is 9.46. The Labute approximate surface area is 166 Å². The number of alkyl halides is 3. The van der Waals surface area contributed by atoms with Crippen LogP contribution in [0.2, 0.25) is 0 Å². The van der Waals surface area contributed by atoms with Crippen molar-refractivity contribution in [1.29, 1.82) is 0 Å². The molecule has 2 N–H and O–H groups in total. The number of hydrogen-bond donors (Lipinski definition) is 2. The van der Waals surface area contributed by atoms with Gasteiger partial charge in [-0.3, -0.25) is 4.79 Å². The zero-order valence-corrected chi connectivity index (χ0v) is 15.6. The van der Waals surface area contributed by atoms with Gasteiger partial charge in [0.25, 0.3) is 0 Å². The Balaban J connectivity index is 1.61. The van der Waals surface area contributed by atoms with Crippen LogP contribution in [0.4, 0.5) is 18.9 Å². The summed E-state index contributed by atoms with van der Waals surface area (Å²) in [7, 11) is 0. The summed E-state index contributed by atoms with van der Waals surface area (Å²) in [6.07, 6.45) is -1.34. The smallest absolute Gasteiger partial charge is 0.416 e. The third kappa shape index (κ3) is 4.15. The number of amides is 1. The van der Waals surface area contributed by atoms with Crippen molar-refractivity contribution in [2.45, 2.75) is 38.0 Å². The number of nitrogens with one attached hydrogen (secondary N) is 1. The topological polar surface area (TPSA) is 58.6 Å². The van der Waals surface area contributed by atoms with E-state index in [0.717, 1.165) is 29.7 Å². The number of hydrogen-bond acceptors (Lipinski definition) is 3. The molecule has 4 nitrogen and oxygen atoms in total. The average molecular weight is 403 g/mol. The second kappa shape index (κ2) is 7.55. The molecule has 1 amide bonds. The number of fused-ring (bicyclic) bond motifs is 2. The van der Waals surface area contributed by atoms with Crippen LogP contribution in [-0.4, -0.2) is 23.7 Å². The van der Waals surface area contributed by atoms with Crippen LogP contribution in [0.3, 0.4) is 0 Å². The van der Waals surface area contributed by atoms with Crippen molar-refractivity contribution in [3.05, 3.63) is 64.7 Å². The lowest BCUT2D eigenvalue weighted by atomic mass is 9.88. The summed E-state index contributed by atoms with van der Waals surface area (Å²) in [6.45, 7) is 0.296. The molecule has 152 valence electrons. The molecule has 1 unspecified atom stereocenters. The van der Waals surface area contributed by atoms with Crippen LogP contribution < -0.4 is 10.1 Å². The summed E-state index contributed by atoms with van der Waals surface area (Å²) in [5.41, 5.74) is 2.63. The first-order chi connectivity index (χ1) is 13.8. The van der Waals surface area contributed by atoms with Crippen molar-refractivity contribution in [3.63, 3.8) is 0 Å². The van der Waals surface area contributed by atoms with E-state index in [0.29, 0.717) is 42.9 Å². The summed E-state index contributed by atoms with van der Waals surface area (Å²) in [5.74, 6) is -0.0813. The van der Waals surface area contributed by atoms with E-state index in [4.69, 9.17) is 4.74 Å². The van der Waals surface area contributed by atoms with Gasteiger partial charge in [-0.05, 0) is 53.8 Å². The van der Waals surface area contributed by atoms with Gasteiger partial charge in [-0.25, -0.2) is 0 Å². The van der Waals surface area contributed by atoms with E-state index in [9.17, 15) is 23.1 Å². The van der Waals surface area contributed by atoms with Crippen LogP contribution in [0.5, 0.6) is 5.75 Å². The van der Waals surface area contributed by atoms with Gasteiger partial charge in [-0.2, -0.15) is 13.2 Å². The van der Waals surface area contributed by atoms with Gasteiger partial charge in [-0.15, -0.1) is 0 Å². The molecule has 2 aromatic carbocycles. The fourth-order valence-corrected chi connectivity index (χ4v) is 3.85. The molecule has 0 spiro atoms. The molecule has 0 radical (unpaired) electrons. The van der Waals surface area contributed by atoms with Crippen LogP contribution in [0.1, 0.15) is 35.1 Å². The minimum atomic E-state index is -4.47. The molecule has 1 heterocycles. The van der Waals surface area contributed by atoms with Crippen molar-refractivity contribution in [2.24, 2.45) is 0 Å². The Morgan fingerprint density at radius 3 is 2.83 bits per heavy atom. The average Bonchev–Trinajstić information content (AvgIpc) is 2.67. The summed E-state index contributed by atoms with van der Waals surface area (Å²) in [6, 6.07) is 8.88. The highest BCUT2D eigenvalue weighted by atomic mass is 19.4. The standard InChI is InChI=1S/C22H20F3NO3/c23-22(24,25)15-5-7-20-18(11-15)14(8-9-29-20)10-21(28)26-19-3-1-2-13-4-6-16(27)12-17(13)19/h1-3,5,7,10-11,16,27H,4,6,8-9,12H2,(H,26,28)/b14-10+. The molecule has 4 rings (SSSR count). The fourth-order valence-electron chi connectivity index (χ4n) is 3.85. The SMILES string of the molecule is O=C(/C=C1\CCOc2ccc(C(F)(F)F)cc21)Nc1cccc2c1CC(O)CC2. The molecule has 1 aliphatic carbocycles. The molecule has 29 heavy (non-hydrogen) atoms. The van der Waals surface area contributed by atoms with Crippen molar-refractivity contribution < 1.29 is 27.8 Å². The fraction of sp³-hybridized carbons (Fsp3) is 0.318. The van der Waals surface area contributed by atoms with Gasteiger partial charge in [0.05, 0.1) is 18.3 Å². The molecule has 7 heteroatoms. The van der Waals surface area contributed by atoms with Crippen molar-refractivity contribution in [1.82, 2.24) is 0 Å². The van der Waals surface area contributed by atoms with E-state index in [1.54, 1.807) is 6.07 Å². The number of aryl methyl sites for hydroxylation is 1. The maximum Gasteiger partial charge on any atom is 0.416 e. The van der Waals surface area contributed by atoms with Crippen molar-refractivity contribution in [2.75, 3.05) is 11.9 Å². The third-order valence-electron chi connectivity index (χ3n) is 5.30. The summed E-state index contributed by atoms with van der Waals surface area (Å²) >= 11 is 0. The molecule has 1 atom stereocenters. The summed E-state index contributed by atoms with van der Waals surface area (Å²) < 4.78 is 44.6. The molecular formula is C22H20F3NO3. The van der Waals surface area contributed by atoms with Gasteiger partial charge in [0, 0.05) is 30.2 Å². The maximum absolute atomic E-state index is 13.1. The van der Waals surface area contributed by atoms with Crippen LogP contribution in [0, 0.1) is 0 Å². The van der Waals surface area contributed by atoms with E-state index in [2.05, 4.69) is 5.32 Å². The van der Waals surface area contributed by atoms with E-state index < -0.39 is 23.8 Å². The number of ether oxygens (including phenoxy) is 1. The Morgan fingerprint density at radius 2 is 2.03 bits per heavy atom. The van der Waals surface area contributed by atoms with Crippen LogP contribution >= 0.6 is 0 Å². The molecular weight excluding hydrogens is 383 g/mol. The number of halogens is 3. The van der Waals surface area contributed by atoms with Gasteiger partial charge >= 0.3 is 6.18 Å². The Morgan fingerprint density at radius 1 is 1.21 bits per heavy atom. The molecule has 0 aromatic heterocycles. The highest BCUT2D eigenvalue weighted by molar-refractivity contribution is 6.05. The van der Waals surface area contributed by atoms with Gasteiger partial charge in [-0.1, -0.05) is 12.1 Å². The van der Waals surface area contributed by atoms with E-state index in [1.807, 2.05) is 12.1 Å². The van der Waals surface area contributed by atoms with Crippen LogP contribution in [0.25, 0.3) is 5.57 Å². The molecule has 0 fully saturated rings. The number of benzene rings is 2. The zero-order valence-electron chi connectivity index (χ0n) is 15.6. The number of rotatable bonds is 2. The summed E-state index contributed by atoms with van der Waals surface area (Å²) in [5, 5.41) is 12.8. The van der Waals surface area contributed by atoms with Crippen LogP contribution in [0.15, 0.2) is 42.5 Å². The van der Waals surface area contributed by atoms with Gasteiger partial charge in [0.2, 0.25) is 5.91 Å². The molecule has 2 aliphatic rings. The molecule has 0 saturated carbocycles. The molecule has 0 saturated heterocycles. The molecule has 2 aromatic rings.